The van der Waals surface area contributed by atoms with E-state index in [-0.39, 0.29) is 11.8 Å². The van der Waals surface area contributed by atoms with Crippen LogP contribution >= 0.6 is 11.3 Å². The molecule has 1 aliphatic rings. The van der Waals surface area contributed by atoms with Crippen molar-refractivity contribution in [2.24, 2.45) is 5.92 Å². The number of fused-ring (bicyclic) bond motifs is 1. The maximum absolute atomic E-state index is 12.9. The Morgan fingerprint density at radius 2 is 1.93 bits per heavy atom. The van der Waals surface area contributed by atoms with Crippen LogP contribution in [-0.2, 0) is 4.79 Å². The van der Waals surface area contributed by atoms with Crippen molar-refractivity contribution < 1.29 is 4.79 Å². The van der Waals surface area contributed by atoms with Gasteiger partial charge in [0.2, 0.25) is 5.91 Å². The summed E-state index contributed by atoms with van der Waals surface area (Å²) in [5, 5.41) is 4.17. The van der Waals surface area contributed by atoms with Crippen molar-refractivity contribution >= 4 is 38.3 Å². The van der Waals surface area contributed by atoms with Crippen LogP contribution in [0.3, 0.4) is 0 Å². The van der Waals surface area contributed by atoms with Crippen LogP contribution in [0.4, 0.5) is 10.8 Å². The van der Waals surface area contributed by atoms with E-state index in [0.717, 1.165) is 53.4 Å². The molecule has 4 rings (SSSR count). The molecule has 1 amide bonds. The van der Waals surface area contributed by atoms with Crippen molar-refractivity contribution in [1.29, 1.82) is 0 Å². The summed E-state index contributed by atoms with van der Waals surface area (Å²) in [5.41, 5.74) is 5.48. The summed E-state index contributed by atoms with van der Waals surface area (Å²) in [6.07, 6.45) is 1.94. The first kappa shape index (κ1) is 18.0. The average molecular weight is 380 g/mol. The molecule has 2 aromatic carbocycles. The van der Waals surface area contributed by atoms with E-state index in [1.165, 1.54) is 10.3 Å². The van der Waals surface area contributed by atoms with E-state index in [9.17, 15) is 4.79 Å². The van der Waals surface area contributed by atoms with Crippen LogP contribution in [0.15, 0.2) is 36.4 Å². The summed E-state index contributed by atoms with van der Waals surface area (Å²) in [7, 11) is 0. The molecule has 1 atom stereocenters. The second-order valence-corrected chi connectivity index (χ2v) is 8.57. The van der Waals surface area contributed by atoms with Crippen LogP contribution in [-0.4, -0.2) is 24.0 Å². The van der Waals surface area contributed by atoms with Crippen LogP contribution < -0.4 is 10.2 Å². The fourth-order valence-corrected chi connectivity index (χ4v) is 4.72. The zero-order valence-corrected chi connectivity index (χ0v) is 16.9. The predicted octanol–water partition coefficient (Wildman–Crippen LogP) is 5.08. The number of nitrogens with one attached hydrogen (secondary N) is 1. The lowest BCUT2D eigenvalue weighted by Gasteiger charge is -2.31. The first-order valence-electron chi connectivity index (χ1n) is 9.50. The zero-order chi connectivity index (χ0) is 19.0. The molecule has 27 heavy (non-hydrogen) atoms. The number of benzene rings is 2. The van der Waals surface area contributed by atoms with Crippen LogP contribution in [0.2, 0.25) is 0 Å². The number of piperidine rings is 1. The van der Waals surface area contributed by atoms with Crippen LogP contribution in [0.5, 0.6) is 0 Å². The number of hydrogen-bond acceptors (Lipinski definition) is 4. The van der Waals surface area contributed by atoms with Crippen molar-refractivity contribution in [3.05, 3.63) is 53.1 Å². The largest absolute Gasteiger partial charge is 0.347 e. The van der Waals surface area contributed by atoms with Crippen molar-refractivity contribution in [3.8, 4) is 0 Å². The quantitative estimate of drug-likeness (QED) is 0.690. The molecule has 4 nitrogen and oxygen atoms in total. The molecule has 1 saturated heterocycles. The van der Waals surface area contributed by atoms with Gasteiger partial charge in [0.25, 0.3) is 0 Å². The number of anilines is 2. The lowest BCUT2D eigenvalue weighted by Crippen LogP contribution is -2.40. The average Bonchev–Trinajstić information content (AvgIpc) is 3.08. The SMILES string of the molecule is Cc1ccc(C)c(NC(=O)C2CCCN(c3nc4ccc(C)cc4s3)C2)c1. The van der Waals surface area contributed by atoms with E-state index in [4.69, 9.17) is 4.98 Å². The van der Waals surface area contributed by atoms with Gasteiger partial charge in [-0.15, -0.1) is 0 Å². The number of carbonyl (C=O) groups excluding carboxylic acids is 1. The molecule has 0 aliphatic carbocycles. The highest BCUT2D eigenvalue weighted by molar-refractivity contribution is 7.22. The number of rotatable bonds is 3. The third-order valence-corrected chi connectivity index (χ3v) is 6.33. The molecule has 1 unspecified atom stereocenters. The van der Waals surface area contributed by atoms with Gasteiger partial charge >= 0.3 is 0 Å². The number of amides is 1. The molecular weight excluding hydrogens is 354 g/mol. The summed E-state index contributed by atoms with van der Waals surface area (Å²) < 4.78 is 1.21. The number of nitrogens with zero attached hydrogens (tertiary/aromatic N) is 2. The van der Waals surface area contributed by atoms with Crippen molar-refractivity contribution in [1.82, 2.24) is 4.98 Å². The third-order valence-electron chi connectivity index (χ3n) is 5.25. The lowest BCUT2D eigenvalue weighted by atomic mass is 9.97. The minimum Gasteiger partial charge on any atom is -0.347 e. The molecule has 0 radical (unpaired) electrons. The highest BCUT2D eigenvalue weighted by atomic mass is 32.1. The van der Waals surface area contributed by atoms with E-state index >= 15 is 0 Å². The fraction of sp³-hybridized carbons (Fsp3) is 0.364. The summed E-state index contributed by atoms with van der Waals surface area (Å²) in [6.45, 7) is 7.88. The van der Waals surface area contributed by atoms with Gasteiger partial charge in [-0.25, -0.2) is 4.98 Å². The second-order valence-electron chi connectivity index (χ2n) is 7.56. The monoisotopic (exact) mass is 379 g/mol. The van der Waals surface area contributed by atoms with Crippen LogP contribution in [0, 0.1) is 26.7 Å². The summed E-state index contributed by atoms with van der Waals surface area (Å²) in [4.78, 5) is 19.9. The normalized spacial score (nSPS) is 17.3. The van der Waals surface area contributed by atoms with E-state index in [1.54, 1.807) is 11.3 Å². The van der Waals surface area contributed by atoms with Crippen molar-refractivity contribution in [3.63, 3.8) is 0 Å². The molecule has 1 fully saturated rings. The minimum absolute atomic E-state index is 0.00703. The molecule has 0 bridgehead atoms. The second kappa shape index (κ2) is 7.31. The van der Waals surface area contributed by atoms with Crippen LogP contribution in [0.25, 0.3) is 10.2 Å². The van der Waals surface area contributed by atoms with Gasteiger partial charge in [-0.3, -0.25) is 4.79 Å². The Labute approximate surface area is 164 Å². The number of aromatic nitrogens is 1. The standard InChI is InChI=1S/C22H25N3OS/c1-14-6-8-16(3)19(11-14)23-21(26)17-5-4-10-25(13-17)22-24-18-9-7-15(2)12-20(18)27-22/h6-9,11-12,17H,4-5,10,13H2,1-3H3,(H,23,26). The number of carbonyl (C=O) groups is 1. The molecule has 3 aromatic rings. The Balaban J connectivity index is 1.49. The van der Waals surface area contributed by atoms with E-state index < -0.39 is 0 Å². The molecule has 0 spiro atoms. The Morgan fingerprint density at radius 1 is 1.15 bits per heavy atom. The smallest absolute Gasteiger partial charge is 0.229 e. The van der Waals surface area contributed by atoms with E-state index in [2.05, 4.69) is 47.5 Å². The van der Waals surface area contributed by atoms with Crippen molar-refractivity contribution in [2.75, 3.05) is 23.3 Å². The maximum Gasteiger partial charge on any atom is 0.229 e. The Morgan fingerprint density at radius 3 is 2.78 bits per heavy atom. The molecule has 1 aromatic heterocycles. The van der Waals surface area contributed by atoms with Gasteiger partial charge in [0.05, 0.1) is 16.1 Å². The molecule has 1 aliphatic heterocycles. The molecular formula is C22H25N3OS. The van der Waals surface area contributed by atoms with Gasteiger partial charge in [0.15, 0.2) is 5.13 Å². The maximum atomic E-state index is 12.9. The van der Waals surface area contributed by atoms with Crippen molar-refractivity contribution in [2.45, 2.75) is 33.6 Å². The molecule has 140 valence electrons. The van der Waals surface area contributed by atoms with Gasteiger partial charge in [-0.05, 0) is 68.5 Å². The topological polar surface area (TPSA) is 45.2 Å². The Bertz CT molecular complexity index is 994. The van der Waals surface area contributed by atoms with Gasteiger partial charge in [-0.1, -0.05) is 29.5 Å². The van der Waals surface area contributed by atoms with Gasteiger partial charge in [0, 0.05) is 18.8 Å². The predicted molar refractivity (Wildman–Crippen MR) is 114 cm³/mol. The van der Waals surface area contributed by atoms with Gasteiger partial charge < -0.3 is 10.2 Å². The first-order chi connectivity index (χ1) is 13.0. The van der Waals surface area contributed by atoms with Gasteiger partial charge in [0.1, 0.15) is 0 Å². The summed E-state index contributed by atoms with van der Waals surface area (Å²) in [6, 6.07) is 12.5. The number of hydrogen-bond donors (Lipinski definition) is 1. The Kier molecular flexibility index (Phi) is 4.87. The molecule has 1 N–H and O–H groups in total. The molecule has 5 heteroatoms. The third kappa shape index (κ3) is 3.83. The highest BCUT2D eigenvalue weighted by Crippen LogP contribution is 2.32. The number of thiazole rings is 1. The molecule has 2 heterocycles. The van der Waals surface area contributed by atoms with Crippen LogP contribution in [0.1, 0.15) is 29.5 Å². The zero-order valence-electron chi connectivity index (χ0n) is 16.1. The molecule has 0 saturated carbocycles. The first-order valence-corrected chi connectivity index (χ1v) is 10.3. The fourth-order valence-electron chi connectivity index (χ4n) is 3.63. The van der Waals surface area contributed by atoms with E-state index in [1.807, 2.05) is 19.9 Å². The number of aryl methyl sites for hydroxylation is 3. The summed E-state index contributed by atoms with van der Waals surface area (Å²) >= 11 is 1.72. The minimum atomic E-state index is -0.00703. The van der Waals surface area contributed by atoms with Gasteiger partial charge in [-0.2, -0.15) is 0 Å². The lowest BCUT2D eigenvalue weighted by molar-refractivity contribution is -0.120. The Hall–Kier alpha value is -2.40. The van der Waals surface area contributed by atoms with E-state index in [0.29, 0.717) is 0 Å². The summed E-state index contributed by atoms with van der Waals surface area (Å²) in [5.74, 6) is 0.109. The highest BCUT2D eigenvalue weighted by Gasteiger charge is 2.27.